The zero-order chi connectivity index (χ0) is 15.2. The third-order valence-corrected chi connectivity index (χ3v) is 4.16. The highest BCUT2D eigenvalue weighted by molar-refractivity contribution is 5.92. The highest BCUT2D eigenvalue weighted by atomic mass is 16.5. The zero-order valence-corrected chi connectivity index (χ0v) is 13.0. The second kappa shape index (κ2) is 7.46. The van der Waals surface area contributed by atoms with Crippen LogP contribution in [-0.4, -0.2) is 18.1 Å². The van der Waals surface area contributed by atoms with Crippen molar-refractivity contribution in [2.45, 2.75) is 58.1 Å². The third kappa shape index (κ3) is 4.74. The number of anilines is 1. The molecule has 3 N–H and O–H groups in total. The summed E-state index contributed by atoms with van der Waals surface area (Å²) in [6.07, 6.45) is 4.78. The van der Waals surface area contributed by atoms with Gasteiger partial charge in [0.05, 0.1) is 6.10 Å². The van der Waals surface area contributed by atoms with Crippen molar-refractivity contribution in [3.63, 3.8) is 0 Å². The number of nitrogens with one attached hydrogen (secondary N) is 1. The highest BCUT2D eigenvalue weighted by Crippen LogP contribution is 2.25. The summed E-state index contributed by atoms with van der Waals surface area (Å²) >= 11 is 0. The maximum atomic E-state index is 12.3. The zero-order valence-electron chi connectivity index (χ0n) is 13.0. The third-order valence-electron chi connectivity index (χ3n) is 4.16. The van der Waals surface area contributed by atoms with Crippen LogP contribution in [0.15, 0.2) is 24.3 Å². The van der Waals surface area contributed by atoms with Gasteiger partial charge in [0, 0.05) is 23.7 Å². The Kier molecular flexibility index (Phi) is 5.62. The van der Waals surface area contributed by atoms with E-state index in [0.29, 0.717) is 0 Å². The summed E-state index contributed by atoms with van der Waals surface area (Å²) in [5.74, 6) is 0.986. The second-order valence-electron chi connectivity index (χ2n) is 5.97. The molecule has 2 rings (SSSR count). The van der Waals surface area contributed by atoms with Crippen molar-refractivity contribution in [1.29, 1.82) is 0 Å². The Hall–Kier alpha value is -1.55. The van der Waals surface area contributed by atoms with Crippen LogP contribution < -0.4 is 15.8 Å². The van der Waals surface area contributed by atoms with E-state index in [4.69, 9.17) is 10.5 Å². The predicted octanol–water partition coefficient (Wildman–Crippen LogP) is 3.32. The summed E-state index contributed by atoms with van der Waals surface area (Å²) in [7, 11) is 0. The first-order chi connectivity index (χ1) is 10.1. The fourth-order valence-corrected chi connectivity index (χ4v) is 2.59. The van der Waals surface area contributed by atoms with Gasteiger partial charge in [-0.1, -0.05) is 13.0 Å². The number of ether oxygens (including phenoxy) is 1. The summed E-state index contributed by atoms with van der Waals surface area (Å²) < 4.78 is 5.78. The van der Waals surface area contributed by atoms with Crippen LogP contribution in [0, 0.1) is 5.92 Å². The van der Waals surface area contributed by atoms with Gasteiger partial charge in [0.1, 0.15) is 5.75 Å². The number of nitrogens with two attached hydrogens (primary N) is 1. The van der Waals surface area contributed by atoms with E-state index in [0.717, 1.165) is 43.5 Å². The Morgan fingerprint density at radius 2 is 2.10 bits per heavy atom. The molecule has 1 amide bonds. The van der Waals surface area contributed by atoms with E-state index in [-0.39, 0.29) is 24.0 Å². The molecule has 1 fully saturated rings. The minimum Gasteiger partial charge on any atom is -0.491 e. The van der Waals surface area contributed by atoms with Crippen molar-refractivity contribution in [2.24, 2.45) is 11.7 Å². The first-order valence-corrected chi connectivity index (χ1v) is 7.91. The van der Waals surface area contributed by atoms with Crippen molar-refractivity contribution in [1.82, 2.24) is 0 Å². The smallest absolute Gasteiger partial charge is 0.227 e. The molecule has 1 saturated carbocycles. The minimum atomic E-state index is 0.0870. The van der Waals surface area contributed by atoms with Crippen LogP contribution in [0.1, 0.15) is 46.0 Å². The molecule has 116 valence electrons. The molecule has 1 aliphatic carbocycles. The largest absolute Gasteiger partial charge is 0.491 e. The number of carbonyl (C=O) groups is 1. The van der Waals surface area contributed by atoms with Crippen LogP contribution in [0.3, 0.4) is 0 Å². The molecule has 0 saturated heterocycles. The Balaban J connectivity index is 1.93. The highest BCUT2D eigenvalue weighted by Gasteiger charge is 2.24. The summed E-state index contributed by atoms with van der Waals surface area (Å²) in [4.78, 5) is 12.3. The quantitative estimate of drug-likeness (QED) is 0.874. The van der Waals surface area contributed by atoms with Crippen molar-refractivity contribution in [3.05, 3.63) is 24.3 Å². The van der Waals surface area contributed by atoms with E-state index < -0.39 is 0 Å². The Bertz CT molecular complexity index is 468. The molecule has 0 heterocycles. The summed E-state index contributed by atoms with van der Waals surface area (Å²) in [6, 6.07) is 7.88. The van der Waals surface area contributed by atoms with E-state index in [2.05, 4.69) is 12.2 Å². The van der Waals surface area contributed by atoms with Gasteiger partial charge in [0.15, 0.2) is 0 Å². The molecular formula is C17H26N2O2. The first-order valence-electron chi connectivity index (χ1n) is 7.91. The SMILES string of the molecule is CCC(C)Oc1cccc(NC(=O)C2CCC(N)CC2)c1. The van der Waals surface area contributed by atoms with Gasteiger partial charge in [-0.25, -0.2) is 0 Å². The molecule has 0 radical (unpaired) electrons. The number of hydrogen-bond donors (Lipinski definition) is 2. The average molecular weight is 290 g/mol. The molecule has 0 aliphatic heterocycles. The number of amides is 1. The molecule has 4 heteroatoms. The van der Waals surface area contributed by atoms with Crippen LogP contribution in [0.4, 0.5) is 5.69 Å². The molecule has 0 bridgehead atoms. The number of hydrogen-bond acceptors (Lipinski definition) is 3. The summed E-state index contributed by atoms with van der Waals surface area (Å²) in [6.45, 7) is 4.13. The molecule has 1 unspecified atom stereocenters. The van der Waals surface area contributed by atoms with E-state index in [9.17, 15) is 4.79 Å². The minimum absolute atomic E-state index is 0.0870. The van der Waals surface area contributed by atoms with Crippen molar-refractivity contribution in [2.75, 3.05) is 5.32 Å². The number of benzene rings is 1. The standard InChI is InChI=1S/C17H26N2O2/c1-3-12(2)21-16-6-4-5-15(11-16)19-17(20)13-7-9-14(18)10-8-13/h4-6,11-14H,3,7-10,18H2,1-2H3,(H,19,20). The predicted molar refractivity (Wildman–Crippen MR) is 85.4 cm³/mol. The van der Waals surface area contributed by atoms with E-state index in [1.807, 2.05) is 31.2 Å². The Morgan fingerprint density at radius 1 is 1.38 bits per heavy atom. The monoisotopic (exact) mass is 290 g/mol. The van der Waals surface area contributed by atoms with E-state index in [1.54, 1.807) is 0 Å². The lowest BCUT2D eigenvalue weighted by Gasteiger charge is -2.25. The van der Waals surface area contributed by atoms with Gasteiger partial charge in [-0.05, 0) is 51.2 Å². The molecule has 1 aromatic carbocycles. The average Bonchev–Trinajstić information content (AvgIpc) is 2.48. The molecule has 0 spiro atoms. The fraction of sp³-hybridized carbons (Fsp3) is 0.588. The normalized spacial score (nSPS) is 23.4. The van der Waals surface area contributed by atoms with Crippen LogP contribution in [0.25, 0.3) is 0 Å². The van der Waals surface area contributed by atoms with Gasteiger partial charge in [0.25, 0.3) is 0 Å². The van der Waals surface area contributed by atoms with Gasteiger partial charge in [0.2, 0.25) is 5.91 Å². The first kappa shape index (κ1) is 15.8. The molecule has 4 nitrogen and oxygen atoms in total. The van der Waals surface area contributed by atoms with Crippen molar-refractivity contribution < 1.29 is 9.53 Å². The number of rotatable bonds is 5. The van der Waals surface area contributed by atoms with Crippen LogP contribution in [0.2, 0.25) is 0 Å². The van der Waals surface area contributed by atoms with Gasteiger partial charge >= 0.3 is 0 Å². The Labute approximate surface area is 127 Å². The fourth-order valence-electron chi connectivity index (χ4n) is 2.59. The van der Waals surface area contributed by atoms with Crippen molar-refractivity contribution in [3.8, 4) is 5.75 Å². The maximum Gasteiger partial charge on any atom is 0.227 e. The molecule has 1 aliphatic rings. The van der Waals surface area contributed by atoms with Crippen LogP contribution in [0.5, 0.6) is 5.75 Å². The molecular weight excluding hydrogens is 264 g/mol. The molecule has 1 atom stereocenters. The summed E-state index contributed by atoms with van der Waals surface area (Å²) in [5, 5.41) is 3.00. The van der Waals surface area contributed by atoms with Gasteiger partial charge < -0.3 is 15.8 Å². The summed E-state index contributed by atoms with van der Waals surface area (Å²) in [5.41, 5.74) is 6.68. The van der Waals surface area contributed by atoms with E-state index >= 15 is 0 Å². The Morgan fingerprint density at radius 3 is 2.76 bits per heavy atom. The lowest BCUT2D eigenvalue weighted by atomic mass is 9.86. The molecule has 1 aromatic rings. The van der Waals surface area contributed by atoms with Gasteiger partial charge in [-0.2, -0.15) is 0 Å². The van der Waals surface area contributed by atoms with Crippen molar-refractivity contribution >= 4 is 11.6 Å². The molecule has 21 heavy (non-hydrogen) atoms. The lowest BCUT2D eigenvalue weighted by Crippen LogP contribution is -2.32. The maximum absolute atomic E-state index is 12.3. The molecule has 0 aromatic heterocycles. The van der Waals surface area contributed by atoms with Gasteiger partial charge in [-0.3, -0.25) is 4.79 Å². The topological polar surface area (TPSA) is 64.3 Å². The lowest BCUT2D eigenvalue weighted by molar-refractivity contribution is -0.120. The van der Waals surface area contributed by atoms with Gasteiger partial charge in [-0.15, -0.1) is 0 Å². The van der Waals surface area contributed by atoms with E-state index in [1.165, 1.54) is 0 Å². The second-order valence-corrected chi connectivity index (χ2v) is 5.97. The number of carbonyl (C=O) groups excluding carboxylic acids is 1. The van der Waals surface area contributed by atoms with Crippen LogP contribution in [-0.2, 0) is 4.79 Å². The van der Waals surface area contributed by atoms with Crippen LogP contribution >= 0.6 is 0 Å².